The van der Waals surface area contributed by atoms with E-state index in [9.17, 15) is 4.79 Å². The fourth-order valence-corrected chi connectivity index (χ4v) is 2.54. The van der Waals surface area contributed by atoms with Gasteiger partial charge in [-0.2, -0.15) is 10.2 Å². The minimum absolute atomic E-state index is 0.0308. The molecular formula is C12H11ClN2OS. The summed E-state index contributed by atoms with van der Waals surface area (Å²) in [6.45, 7) is 3.78. The van der Waals surface area contributed by atoms with Gasteiger partial charge in [0.2, 0.25) is 5.78 Å². The van der Waals surface area contributed by atoms with Crippen molar-refractivity contribution in [1.29, 1.82) is 0 Å². The van der Waals surface area contributed by atoms with Gasteiger partial charge in [0.05, 0.1) is 20.6 Å². The van der Waals surface area contributed by atoms with Gasteiger partial charge >= 0.3 is 0 Å². The molecule has 0 aliphatic rings. The van der Waals surface area contributed by atoms with Gasteiger partial charge in [0, 0.05) is 5.56 Å². The van der Waals surface area contributed by atoms with E-state index in [2.05, 4.69) is 10.2 Å². The first-order chi connectivity index (χ1) is 8.11. The lowest BCUT2D eigenvalue weighted by molar-refractivity contribution is 0.104. The van der Waals surface area contributed by atoms with E-state index in [1.54, 1.807) is 18.2 Å². The van der Waals surface area contributed by atoms with E-state index in [4.69, 9.17) is 11.6 Å². The lowest BCUT2D eigenvalue weighted by Crippen LogP contribution is -2.07. The number of thiophene rings is 1. The van der Waals surface area contributed by atoms with Crippen molar-refractivity contribution in [3.63, 3.8) is 0 Å². The van der Waals surface area contributed by atoms with Gasteiger partial charge in [0.1, 0.15) is 0 Å². The molecule has 0 fully saturated rings. The van der Waals surface area contributed by atoms with Gasteiger partial charge in [0.25, 0.3) is 0 Å². The molecule has 2 aromatic rings. The first kappa shape index (κ1) is 12.2. The number of carbonyl (C=O) groups excluding carboxylic acids is 1. The third-order valence-electron chi connectivity index (χ3n) is 2.37. The van der Waals surface area contributed by atoms with Crippen LogP contribution < -0.4 is 0 Å². The zero-order chi connectivity index (χ0) is 12.4. The number of aromatic nitrogens is 2. The second kappa shape index (κ2) is 4.94. The fraction of sp³-hybridized carbons (Fsp3) is 0.250. The van der Waals surface area contributed by atoms with E-state index in [-0.39, 0.29) is 5.78 Å². The SMILES string of the molecule is CCc1nnc(C)cc1C(=O)c1ccc(Cl)s1. The molecule has 0 aromatic carbocycles. The third kappa shape index (κ3) is 2.53. The molecule has 0 unspecified atom stereocenters. The van der Waals surface area contributed by atoms with Crippen molar-refractivity contribution in [2.24, 2.45) is 0 Å². The van der Waals surface area contributed by atoms with Crippen LogP contribution in [0.3, 0.4) is 0 Å². The summed E-state index contributed by atoms with van der Waals surface area (Å²) in [4.78, 5) is 12.9. The van der Waals surface area contributed by atoms with Crippen LogP contribution in [0, 0.1) is 6.92 Å². The van der Waals surface area contributed by atoms with E-state index in [0.29, 0.717) is 21.2 Å². The minimum atomic E-state index is -0.0308. The zero-order valence-corrected chi connectivity index (χ0v) is 11.1. The summed E-state index contributed by atoms with van der Waals surface area (Å²) >= 11 is 7.12. The highest BCUT2D eigenvalue weighted by Gasteiger charge is 2.16. The standard InChI is InChI=1S/C12H11ClN2OS/c1-3-9-8(6-7(2)14-15-9)12(16)10-4-5-11(13)17-10/h4-6H,3H2,1-2H3. The number of nitrogens with zero attached hydrogens (tertiary/aromatic N) is 2. The molecule has 0 N–H and O–H groups in total. The van der Waals surface area contributed by atoms with Crippen molar-refractivity contribution >= 4 is 28.7 Å². The van der Waals surface area contributed by atoms with Gasteiger partial charge in [-0.25, -0.2) is 0 Å². The van der Waals surface area contributed by atoms with E-state index >= 15 is 0 Å². The van der Waals surface area contributed by atoms with Crippen LogP contribution in [0.5, 0.6) is 0 Å². The molecule has 88 valence electrons. The number of rotatable bonds is 3. The quantitative estimate of drug-likeness (QED) is 0.801. The third-order valence-corrected chi connectivity index (χ3v) is 3.60. The molecule has 2 heterocycles. The molecule has 0 saturated carbocycles. The summed E-state index contributed by atoms with van der Waals surface area (Å²) in [5.74, 6) is -0.0308. The highest BCUT2D eigenvalue weighted by molar-refractivity contribution is 7.18. The monoisotopic (exact) mass is 266 g/mol. The number of aryl methyl sites for hydroxylation is 2. The molecular weight excluding hydrogens is 256 g/mol. The number of halogens is 1. The molecule has 0 aliphatic heterocycles. The first-order valence-electron chi connectivity index (χ1n) is 5.25. The number of ketones is 1. The Kier molecular flexibility index (Phi) is 3.54. The van der Waals surface area contributed by atoms with Crippen LogP contribution in [0.15, 0.2) is 18.2 Å². The first-order valence-corrected chi connectivity index (χ1v) is 6.44. The summed E-state index contributed by atoms with van der Waals surface area (Å²) < 4.78 is 0.616. The summed E-state index contributed by atoms with van der Waals surface area (Å²) in [6, 6.07) is 5.25. The number of hydrogen-bond acceptors (Lipinski definition) is 4. The van der Waals surface area contributed by atoms with Crippen molar-refractivity contribution in [3.05, 3.63) is 44.4 Å². The van der Waals surface area contributed by atoms with Crippen LogP contribution in [-0.4, -0.2) is 16.0 Å². The Labute approximate surface area is 108 Å². The Hall–Kier alpha value is -1.26. The molecule has 0 bridgehead atoms. The van der Waals surface area contributed by atoms with E-state index in [1.165, 1.54) is 11.3 Å². The van der Waals surface area contributed by atoms with E-state index < -0.39 is 0 Å². The molecule has 3 nitrogen and oxygen atoms in total. The van der Waals surface area contributed by atoms with Gasteiger partial charge in [-0.05, 0) is 31.5 Å². The van der Waals surface area contributed by atoms with Gasteiger partial charge in [-0.3, -0.25) is 4.79 Å². The molecule has 0 atom stereocenters. The van der Waals surface area contributed by atoms with Gasteiger partial charge in [0.15, 0.2) is 0 Å². The molecule has 0 spiro atoms. The lowest BCUT2D eigenvalue weighted by atomic mass is 10.1. The van der Waals surface area contributed by atoms with Crippen LogP contribution >= 0.6 is 22.9 Å². The van der Waals surface area contributed by atoms with Crippen LogP contribution in [-0.2, 0) is 6.42 Å². The Morgan fingerprint density at radius 1 is 1.41 bits per heavy atom. The fourth-order valence-electron chi connectivity index (χ4n) is 1.54. The summed E-state index contributed by atoms with van der Waals surface area (Å²) in [5, 5.41) is 8.02. The van der Waals surface area contributed by atoms with Gasteiger partial charge in [-0.15, -0.1) is 11.3 Å². The van der Waals surface area contributed by atoms with Gasteiger partial charge < -0.3 is 0 Å². The Morgan fingerprint density at radius 2 is 2.18 bits per heavy atom. The lowest BCUT2D eigenvalue weighted by Gasteiger charge is -2.04. The Morgan fingerprint density at radius 3 is 2.76 bits per heavy atom. The van der Waals surface area contributed by atoms with Crippen molar-refractivity contribution in [2.75, 3.05) is 0 Å². The molecule has 0 aliphatic carbocycles. The summed E-state index contributed by atoms with van der Waals surface area (Å²) in [7, 11) is 0. The molecule has 2 aromatic heterocycles. The summed E-state index contributed by atoms with van der Waals surface area (Å²) in [6.07, 6.45) is 0.688. The second-order valence-corrected chi connectivity index (χ2v) is 5.35. The average molecular weight is 267 g/mol. The molecule has 17 heavy (non-hydrogen) atoms. The molecule has 0 saturated heterocycles. The van der Waals surface area contributed by atoms with E-state index in [1.807, 2.05) is 13.8 Å². The van der Waals surface area contributed by atoms with Crippen molar-refractivity contribution in [2.45, 2.75) is 20.3 Å². The predicted octanol–water partition coefficient (Wildman–Crippen LogP) is 3.29. The minimum Gasteiger partial charge on any atom is -0.288 e. The molecule has 5 heteroatoms. The maximum atomic E-state index is 12.3. The molecule has 2 rings (SSSR count). The van der Waals surface area contributed by atoms with Crippen LogP contribution in [0.2, 0.25) is 4.34 Å². The van der Waals surface area contributed by atoms with Crippen LogP contribution in [0.25, 0.3) is 0 Å². The van der Waals surface area contributed by atoms with Crippen molar-refractivity contribution in [3.8, 4) is 0 Å². The van der Waals surface area contributed by atoms with Crippen molar-refractivity contribution < 1.29 is 4.79 Å². The van der Waals surface area contributed by atoms with Crippen molar-refractivity contribution in [1.82, 2.24) is 10.2 Å². The molecule has 0 radical (unpaired) electrons. The molecule has 0 amide bonds. The Bertz CT molecular complexity index is 565. The largest absolute Gasteiger partial charge is 0.288 e. The highest BCUT2D eigenvalue weighted by Crippen LogP contribution is 2.24. The van der Waals surface area contributed by atoms with Gasteiger partial charge in [-0.1, -0.05) is 18.5 Å². The normalized spacial score (nSPS) is 10.5. The maximum Gasteiger partial charge on any atom is 0.204 e. The summed E-state index contributed by atoms with van der Waals surface area (Å²) in [5.41, 5.74) is 2.09. The van der Waals surface area contributed by atoms with E-state index in [0.717, 1.165) is 11.4 Å². The average Bonchev–Trinajstić information content (AvgIpc) is 2.75. The second-order valence-electron chi connectivity index (χ2n) is 3.63. The highest BCUT2D eigenvalue weighted by atomic mass is 35.5. The smallest absolute Gasteiger partial charge is 0.204 e. The zero-order valence-electron chi connectivity index (χ0n) is 9.53. The maximum absolute atomic E-state index is 12.3. The van der Waals surface area contributed by atoms with Crippen LogP contribution in [0.4, 0.5) is 0 Å². The predicted molar refractivity (Wildman–Crippen MR) is 68.9 cm³/mol. The Balaban J connectivity index is 2.46. The topological polar surface area (TPSA) is 42.9 Å². The number of hydrogen-bond donors (Lipinski definition) is 0. The van der Waals surface area contributed by atoms with Crippen LogP contribution in [0.1, 0.15) is 33.5 Å². The number of carbonyl (C=O) groups is 1.